The summed E-state index contributed by atoms with van der Waals surface area (Å²) in [5.74, 6) is 0. The third kappa shape index (κ3) is 5.18. The number of nitrogens with zero attached hydrogens (tertiary/aromatic N) is 4. The average Bonchev–Trinajstić information content (AvgIpc) is 3.66. The van der Waals surface area contributed by atoms with Crippen LogP contribution in [0.2, 0.25) is 0 Å². The van der Waals surface area contributed by atoms with Gasteiger partial charge in [0.1, 0.15) is 22.1 Å². The molecule has 1 aromatic carbocycles. The van der Waals surface area contributed by atoms with Crippen LogP contribution < -0.4 is 0 Å². The lowest BCUT2D eigenvalue weighted by Crippen LogP contribution is -2.05. The van der Waals surface area contributed by atoms with E-state index in [2.05, 4.69) is 48.9 Å². The van der Waals surface area contributed by atoms with Gasteiger partial charge < -0.3 is 0 Å². The van der Waals surface area contributed by atoms with Gasteiger partial charge >= 0.3 is 0 Å². The van der Waals surface area contributed by atoms with Crippen LogP contribution in [0.25, 0.3) is 42.9 Å². The maximum atomic E-state index is 5.41. The molecular formula is C28H32N4S3. The molecular weight excluding hydrogens is 489 g/mol. The highest BCUT2D eigenvalue weighted by molar-refractivity contribution is 7.14. The van der Waals surface area contributed by atoms with Gasteiger partial charge in [-0.15, -0.1) is 22.7 Å². The van der Waals surface area contributed by atoms with Gasteiger partial charge in [0.05, 0.1) is 23.1 Å². The first kappa shape index (κ1) is 24.5. The van der Waals surface area contributed by atoms with Crippen molar-refractivity contribution in [3.05, 3.63) is 46.4 Å². The molecule has 0 amide bonds. The molecule has 4 nitrogen and oxygen atoms in total. The molecule has 0 atom stereocenters. The maximum absolute atomic E-state index is 5.41. The zero-order valence-electron chi connectivity index (χ0n) is 20.5. The van der Waals surface area contributed by atoms with Gasteiger partial charge in [-0.05, 0) is 48.6 Å². The molecule has 7 heteroatoms. The van der Waals surface area contributed by atoms with E-state index in [0.29, 0.717) is 0 Å². The molecule has 0 fully saturated rings. The lowest BCUT2D eigenvalue weighted by molar-refractivity contribution is 0.639. The zero-order valence-corrected chi connectivity index (χ0v) is 23.0. The minimum atomic E-state index is 0.954. The van der Waals surface area contributed by atoms with Crippen molar-refractivity contribution in [1.82, 2.24) is 18.7 Å². The molecule has 0 unspecified atom stereocenters. The van der Waals surface area contributed by atoms with Crippen molar-refractivity contribution in [2.75, 3.05) is 0 Å². The van der Waals surface area contributed by atoms with Crippen LogP contribution in [0, 0.1) is 0 Å². The van der Waals surface area contributed by atoms with Crippen LogP contribution in [0.1, 0.15) is 76.6 Å². The van der Waals surface area contributed by atoms with Gasteiger partial charge in [-0.3, -0.25) is 0 Å². The van der Waals surface area contributed by atoms with Gasteiger partial charge in [-0.1, -0.05) is 64.5 Å². The van der Waals surface area contributed by atoms with E-state index >= 15 is 0 Å². The first-order valence-electron chi connectivity index (χ1n) is 12.9. The van der Waals surface area contributed by atoms with E-state index in [9.17, 15) is 0 Å². The summed E-state index contributed by atoms with van der Waals surface area (Å²) in [5, 5.41) is 4.25. The molecule has 0 saturated carbocycles. The molecule has 5 aromatic rings. The van der Waals surface area contributed by atoms with E-state index in [1.54, 1.807) is 22.7 Å². The molecule has 35 heavy (non-hydrogen) atoms. The van der Waals surface area contributed by atoms with Gasteiger partial charge in [-0.2, -0.15) is 8.75 Å². The fourth-order valence-corrected chi connectivity index (χ4v) is 6.85. The number of thiophene rings is 2. The summed E-state index contributed by atoms with van der Waals surface area (Å²) in [4.78, 5) is 13.2. The number of rotatable bonds is 12. The Bertz CT molecular complexity index is 1270. The van der Waals surface area contributed by atoms with E-state index in [1.807, 2.05) is 0 Å². The van der Waals surface area contributed by atoms with Crippen molar-refractivity contribution in [3.63, 3.8) is 0 Å². The van der Waals surface area contributed by atoms with Crippen molar-refractivity contribution in [3.8, 4) is 20.9 Å². The van der Waals surface area contributed by atoms with Gasteiger partial charge in [0.15, 0.2) is 0 Å². The Morgan fingerprint density at radius 2 is 1.09 bits per heavy atom. The highest BCUT2D eigenvalue weighted by Gasteiger charge is 2.24. The Hall–Kier alpha value is -2.22. The topological polar surface area (TPSA) is 51.6 Å². The summed E-state index contributed by atoms with van der Waals surface area (Å²) in [6.07, 6.45) is 11.9. The molecule has 0 aliphatic rings. The van der Waals surface area contributed by atoms with Crippen LogP contribution in [-0.4, -0.2) is 18.7 Å². The van der Waals surface area contributed by atoms with E-state index in [-0.39, 0.29) is 0 Å². The number of aromatic nitrogens is 4. The molecule has 0 saturated heterocycles. The van der Waals surface area contributed by atoms with Crippen LogP contribution in [0.3, 0.4) is 0 Å². The van der Waals surface area contributed by atoms with Crippen LogP contribution >= 0.6 is 34.4 Å². The largest absolute Gasteiger partial charge is 0.248 e. The predicted molar refractivity (Wildman–Crippen MR) is 153 cm³/mol. The van der Waals surface area contributed by atoms with Crippen LogP contribution in [0.4, 0.5) is 0 Å². The molecule has 182 valence electrons. The molecule has 0 aliphatic heterocycles. The Balaban J connectivity index is 1.73. The molecule has 0 N–H and O–H groups in total. The Labute approximate surface area is 219 Å². The van der Waals surface area contributed by atoms with Gasteiger partial charge in [0.2, 0.25) is 0 Å². The molecule has 0 bridgehead atoms. The van der Waals surface area contributed by atoms with Crippen molar-refractivity contribution >= 4 is 56.5 Å². The molecule has 4 aromatic heterocycles. The smallest absolute Gasteiger partial charge is 0.116 e. The van der Waals surface area contributed by atoms with Crippen molar-refractivity contribution in [2.24, 2.45) is 0 Å². The van der Waals surface area contributed by atoms with E-state index in [0.717, 1.165) is 46.0 Å². The van der Waals surface area contributed by atoms with Crippen molar-refractivity contribution in [2.45, 2.75) is 78.1 Å². The fraction of sp³-hybridized carbons (Fsp3) is 0.429. The lowest BCUT2D eigenvalue weighted by atomic mass is 10.00. The third-order valence-electron chi connectivity index (χ3n) is 6.56. The summed E-state index contributed by atoms with van der Waals surface area (Å²) in [6.45, 7) is 4.53. The standard InChI is InChI=1S/C28H32N4S3/c1-3-5-7-9-13-19-20(14-10-8-6-4-2)30-26-24(22-16-12-18-34-22)28-27(31-35-32-28)23(25(26)29-19)21-15-11-17-33-21/h11-12,15-18H,3-10,13-14H2,1-2H3. The van der Waals surface area contributed by atoms with E-state index in [1.165, 1.54) is 84.2 Å². The number of hydrogen-bond donors (Lipinski definition) is 0. The second kappa shape index (κ2) is 11.7. The first-order chi connectivity index (χ1) is 17.3. The Kier molecular flexibility index (Phi) is 8.16. The van der Waals surface area contributed by atoms with Crippen molar-refractivity contribution in [1.29, 1.82) is 0 Å². The predicted octanol–water partition coefficient (Wildman–Crippen LogP) is 9.34. The van der Waals surface area contributed by atoms with E-state index < -0.39 is 0 Å². The molecule has 0 radical (unpaired) electrons. The summed E-state index contributed by atoms with van der Waals surface area (Å²) in [5.41, 5.74) is 8.44. The van der Waals surface area contributed by atoms with Gasteiger partial charge in [-0.25, -0.2) is 9.97 Å². The quantitative estimate of drug-likeness (QED) is 0.154. The van der Waals surface area contributed by atoms with Crippen molar-refractivity contribution < 1.29 is 0 Å². The van der Waals surface area contributed by atoms with Crippen LogP contribution in [0.15, 0.2) is 35.0 Å². The Morgan fingerprint density at radius 1 is 0.600 bits per heavy atom. The summed E-state index contributed by atoms with van der Waals surface area (Å²) >= 11 is 4.76. The monoisotopic (exact) mass is 520 g/mol. The minimum absolute atomic E-state index is 0.954. The number of hydrogen-bond acceptors (Lipinski definition) is 7. The molecule has 5 rings (SSSR count). The second-order valence-electron chi connectivity index (χ2n) is 9.10. The molecule has 0 spiro atoms. The molecule has 4 heterocycles. The Morgan fingerprint density at radius 3 is 1.49 bits per heavy atom. The van der Waals surface area contributed by atoms with Crippen LogP contribution in [0.5, 0.6) is 0 Å². The lowest BCUT2D eigenvalue weighted by Gasteiger charge is -2.15. The number of aryl methyl sites for hydroxylation is 2. The number of unbranched alkanes of at least 4 members (excludes halogenated alkanes) is 6. The minimum Gasteiger partial charge on any atom is -0.248 e. The summed E-state index contributed by atoms with van der Waals surface area (Å²) in [7, 11) is 0. The normalized spacial score (nSPS) is 11.7. The highest BCUT2D eigenvalue weighted by Crippen LogP contribution is 2.44. The average molecular weight is 521 g/mol. The van der Waals surface area contributed by atoms with Gasteiger partial charge in [0.25, 0.3) is 0 Å². The SMILES string of the molecule is CCCCCCc1nc2c(-c3cccs3)c3nsnc3c(-c3cccs3)c2nc1CCCCCC. The number of fused-ring (bicyclic) bond motifs is 2. The zero-order chi connectivity index (χ0) is 24.0. The number of benzene rings is 1. The summed E-state index contributed by atoms with van der Waals surface area (Å²) in [6, 6.07) is 8.55. The first-order valence-corrected chi connectivity index (χ1v) is 15.4. The highest BCUT2D eigenvalue weighted by atomic mass is 32.1. The molecule has 0 aliphatic carbocycles. The van der Waals surface area contributed by atoms with E-state index in [4.69, 9.17) is 18.7 Å². The van der Waals surface area contributed by atoms with Crippen LogP contribution in [-0.2, 0) is 12.8 Å². The third-order valence-corrected chi connectivity index (χ3v) is 8.86. The van der Waals surface area contributed by atoms with Gasteiger partial charge in [0, 0.05) is 20.9 Å². The summed E-state index contributed by atoms with van der Waals surface area (Å²) < 4.78 is 9.56. The maximum Gasteiger partial charge on any atom is 0.116 e. The fourth-order valence-electron chi connectivity index (χ4n) is 4.74. The second-order valence-corrected chi connectivity index (χ2v) is 11.5.